The Hall–Kier alpha value is -1.63. The van der Waals surface area contributed by atoms with E-state index in [4.69, 9.17) is 11.3 Å². The van der Waals surface area contributed by atoms with Crippen molar-refractivity contribution >= 4 is 17.2 Å². The van der Waals surface area contributed by atoms with Crippen molar-refractivity contribution in [2.75, 3.05) is 13.1 Å². The zero-order chi connectivity index (χ0) is 11.1. The van der Waals surface area contributed by atoms with Gasteiger partial charge in [0.15, 0.2) is 0 Å². The molecule has 0 fully saturated rings. The fourth-order valence-corrected chi connectivity index (χ4v) is 1.71. The van der Waals surface area contributed by atoms with Crippen LogP contribution < -0.4 is 11.1 Å². The third kappa shape index (κ3) is 3.55. The second-order valence-corrected chi connectivity index (χ2v) is 3.57. The van der Waals surface area contributed by atoms with Crippen LogP contribution in [-0.4, -0.2) is 24.0 Å². The Kier molecular flexibility index (Phi) is 4.55. The van der Waals surface area contributed by atoms with E-state index >= 15 is 0 Å². The molecule has 0 bridgehead atoms. The first-order chi connectivity index (χ1) is 7.25. The van der Waals surface area contributed by atoms with Gasteiger partial charge in [0.05, 0.1) is 10.4 Å². The third-order valence-electron chi connectivity index (χ3n) is 1.64. The largest absolute Gasteiger partial charge is 0.368 e. The summed E-state index contributed by atoms with van der Waals surface area (Å²) in [7, 11) is 0. The van der Waals surface area contributed by atoms with Crippen LogP contribution in [0.1, 0.15) is 10.9 Å². The fourth-order valence-electron chi connectivity index (χ4n) is 1.01. The lowest BCUT2D eigenvalue weighted by atomic mass is 10.2. The Morgan fingerprint density at radius 1 is 1.87 bits per heavy atom. The molecule has 80 valence electrons. The number of nitrogens with one attached hydrogen (secondary N) is 1. The number of hydrogen-bond acceptors (Lipinski definition) is 5. The van der Waals surface area contributed by atoms with Crippen molar-refractivity contribution < 1.29 is 4.79 Å². The van der Waals surface area contributed by atoms with Crippen molar-refractivity contribution in [1.29, 1.82) is 0 Å². The molecule has 1 amide bonds. The van der Waals surface area contributed by atoms with E-state index in [1.54, 1.807) is 11.7 Å². The molecule has 0 radical (unpaired) electrons. The van der Waals surface area contributed by atoms with E-state index in [0.717, 1.165) is 4.88 Å². The molecule has 1 unspecified atom stereocenters. The van der Waals surface area contributed by atoms with Gasteiger partial charge in [-0.3, -0.25) is 9.78 Å². The van der Waals surface area contributed by atoms with Gasteiger partial charge in [0.2, 0.25) is 5.91 Å². The van der Waals surface area contributed by atoms with Crippen molar-refractivity contribution in [3.8, 4) is 0 Å². The molecule has 0 aromatic carbocycles. The molecule has 0 spiro atoms. The number of nitrogens with zero attached hydrogens (tertiary/aromatic N) is 4. The SMILES string of the molecule is [N-]=[N+]=NCCNC(C(N)=O)c1cncs1. The van der Waals surface area contributed by atoms with Crippen LogP contribution in [0.4, 0.5) is 0 Å². The fraction of sp³-hybridized carbons (Fsp3) is 0.429. The summed E-state index contributed by atoms with van der Waals surface area (Å²) < 4.78 is 0. The van der Waals surface area contributed by atoms with Crippen molar-refractivity contribution in [2.45, 2.75) is 6.04 Å². The molecule has 0 saturated carbocycles. The molecule has 0 saturated heterocycles. The molecule has 7 nitrogen and oxygen atoms in total. The number of hydrogen-bond donors (Lipinski definition) is 2. The van der Waals surface area contributed by atoms with Gasteiger partial charge in [-0.2, -0.15) is 0 Å². The van der Waals surface area contributed by atoms with Gasteiger partial charge in [-0.1, -0.05) is 5.11 Å². The van der Waals surface area contributed by atoms with Gasteiger partial charge in [0.1, 0.15) is 6.04 Å². The van der Waals surface area contributed by atoms with Crippen LogP contribution in [0.5, 0.6) is 0 Å². The summed E-state index contributed by atoms with van der Waals surface area (Å²) in [5, 5.41) is 6.23. The molecule has 1 aromatic rings. The van der Waals surface area contributed by atoms with E-state index in [2.05, 4.69) is 20.3 Å². The van der Waals surface area contributed by atoms with E-state index in [-0.39, 0.29) is 6.54 Å². The average Bonchev–Trinajstić information content (AvgIpc) is 2.70. The van der Waals surface area contributed by atoms with Gasteiger partial charge in [0.25, 0.3) is 0 Å². The number of aromatic nitrogens is 1. The standard InChI is InChI=1S/C7H10N6OS/c8-7(14)6(5-3-10-4-15-5)11-1-2-12-13-9/h3-4,6,11H,1-2H2,(H2,8,14). The zero-order valence-corrected chi connectivity index (χ0v) is 8.65. The maximum atomic E-state index is 11.1. The van der Waals surface area contributed by atoms with Crippen molar-refractivity contribution in [3.05, 3.63) is 27.0 Å². The normalized spacial score (nSPS) is 11.7. The molecule has 1 rings (SSSR count). The first kappa shape index (κ1) is 11.4. The summed E-state index contributed by atoms with van der Waals surface area (Å²) in [4.78, 5) is 18.3. The summed E-state index contributed by atoms with van der Waals surface area (Å²) >= 11 is 1.35. The van der Waals surface area contributed by atoms with Crippen LogP contribution in [0, 0.1) is 0 Å². The Bertz CT molecular complexity index is 358. The summed E-state index contributed by atoms with van der Waals surface area (Å²) in [5.74, 6) is -0.472. The first-order valence-corrected chi connectivity index (χ1v) is 5.05. The maximum absolute atomic E-state index is 11.1. The van der Waals surface area contributed by atoms with Gasteiger partial charge in [0, 0.05) is 24.2 Å². The Morgan fingerprint density at radius 2 is 2.67 bits per heavy atom. The summed E-state index contributed by atoms with van der Waals surface area (Å²) in [6, 6.07) is -0.564. The van der Waals surface area contributed by atoms with E-state index in [0.29, 0.717) is 6.54 Å². The van der Waals surface area contributed by atoms with Crippen LogP contribution in [-0.2, 0) is 4.79 Å². The minimum atomic E-state index is -0.564. The molecule has 0 aliphatic carbocycles. The highest BCUT2D eigenvalue weighted by molar-refractivity contribution is 7.09. The van der Waals surface area contributed by atoms with Gasteiger partial charge in [-0.15, -0.1) is 11.3 Å². The summed E-state index contributed by atoms with van der Waals surface area (Å²) in [5.41, 5.74) is 14.9. The van der Waals surface area contributed by atoms with Crippen LogP contribution in [0.3, 0.4) is 0 Å². The Morgan fingerprint density at radius 3 is 3.20 bits per heavy atom. The third-order valence-corrected chi connectivity index (χ3v) is 2.48. The topological polar surface area (TPSA) is 117 Å². The molecule has 0 aliphatic rings. The number of thiazole rings is 1. The summed E-state index contributed by atoms with van der Waals surface area (Å²) in [6.45, 7) is 0.675. The van der Waals surface area contributed by atoms with E-state index in [9.17, 15) is 4.79 Å². The highest BCUT2D eigenvalue weighted by atomic mass is 32.1. The molecule has 0 aliphatic heterocycles. The van der Waals surface area contributed by atoms with Crippen LogP contribution in [0.15, 0.2) is 16.8 Å². The van der Waals surface area contributed by atoms with Gasteiger partial charge >= 0.3 is 0 Å². The Labute approximate surface area is 89.9 Å². The monoisotopic (exact) mass is 226 g/mol. The second kappa shape index (κ2) is 5.97. The smallest absolute Gasteiger partial charge is 0.240 e. The zero-order valence-electron chi connectivity index (χ0n) is 7.83. The van der Waals surface area contributed by atoms with Gasteiger partial charge in [-0.05, 0) is 5.53 Å². The lowest BCUT2D eigenvalue weighted by Gasteiger charge is -2.11. The Balaban J connectivity index is 2.52. The number of primary amides is 1. The van der Waals surface area contributed by atoms with Crippen molar-refractivity contribution in [2.24, 2.45) is 10.8 Å². The minimum Gasteiger partial charge on any atom is -0.368 e. The predicted molar refractivity (Wildman–Crippen MR) is 56.1 cm³/mol. The molecular formula is C7H10N6OS. The van der Waals surface area contributed by atoms with Gasteiger partial charge in [-0.25, -0.2) is 0 Å². The number of azide groups is 1. The molecule has 15 heavy (non-hydrogen) atoms. The number of nitrogens with two attached hydrogens (primary N) is 1. The number of amides is 1. The highest BCUT2D eigenvalue weighted by Gasteiger charge is 2.17. The predicted octanol–water partition coefficient (Wildman–Crippen LogP) is 0.569. The second-order valence-electron chi connectivity index (χ2n) is 2.65. The molecule has 1 atom stereocenters. The minimum absolute atomic E-state index is 0.277. The lowest BCUT2D eigenvalue weighted by molar-refractivity contribution is -0.120. The van der Waals surface area contributed by atoms with Crippen LogP contribution >= 0.6 is 11.3 Å². The quantitative estimate of drug-likeness (QED) is 0.319. The van der Waals surface area contributed by atoms with Gasteiger partial charge < -0.3 is 11.1 Å². The van der Waals surface area contributed by atoms with Crippen molar-refractivity contribution in [3.63, 3.8) is 0 Å². The van der Waals surface area contributed by atoms with Crippen LogP contribution in [0.25, 0.3) is 10.4 Å². The molecule has 8 heteroatoms. The first-order valence-electron chi connectivity index (χ1n) is 4.17. The number of rotatable bonds is 6. The van der Waals surface area contributed by atoms with E-state index in [1.165, 1.54) is 11.3 Å². The van der Waals surface area contributed by atoms with Crippen LogP contribution in [0.2, 0.25) is 0 Å². The lowest BCUT2D eigenvalue weighted by Crippen LogP contribution is -2.34. The molecule has 1 heterocycles. The molecular weight excluding hydrogens is 216 g/mol. The summed E-state index contributed by atoms with van der Waals surface area (Å²) in [6.07, 6.45) is 1.58. The highest BCUT2D eigenvalue weighted by Crippen LogP contribution is 2.16. The van der Waals surface area contributed by atoms with Crippen molar-refractivity contribution in [1.82, 2.24) is 10.3 Å². The maximum Gasteiger partial charge on any atom is 0.240 e. The number of carbonyl (C=O) groups is 1. The van der Waals surface area contributed by atoms with E-state index < -0.39 is 11.9 Å². The molecule has 1 aromatic heterocycles. The number of carbonyl (C=O) groups excluding carboxylic acids is 1. The average molecular weight is 226 g/mol. The molecule has 3 N–H and O–H groups in total. The van der Waals surface area contributed by atoms with E-state index in [1.807, 2.05) is 0 Å².